The van der Waals surface area contributed by atoms with Crippen LogP contribution in [-0.4, -0.2) is 23.5 Å². The van der Waals surface area contributed by atoms with Crippen LogP contribution in [0.5, 0.6) is 0 Å². The Morgan fingerprint density at radius 3 is 2.68 bits per heavy atom. The lowest BCUT2D eigenvalue weighted by Crippen LogP contribution is -2.49. The third-order valence-electron chi connectivity index (χ3n) is 5.76. The van der Waals surface area contributed by atoms with Crippen LogP contribution >= 0.6 is 23.7 Å². The summed E-state index contributed by atoms with van der Waals surface area (Å²) in [7, 11) is 0. The van der Waals surface area contributed by atoms with Crippen molar-refractivity contribution in [2.24, 2.45) is 23.5 Å². The molecule has 2 atom stereocenters. The van der Waals surface area contributed by atoms with E-state index in [9.17, 15) is 4.79 Å². The van der Waals surface area contributed by atoms with Crippen molar-refractivity contribution in [2.75, 3.05) is 6.54 Å². The van der Waals surface area contributed by atoms with Crippen molar-refractivity contribution >= 4 is 39.9 Å². The Balaban J connectivity index is 0.00000182. The maximum Gasteiger partial charge on any atom is 0.223 e. The van der Waals surface area contributed by atoms with Crippen LogP contribution in [0, 0.1) is 17.8 Å². The number of nitrogens with one attached hydrogen (secondary N) is 1. The average Bonchev–Trinajstić information content (AvgIpc) is 2.97. The second-order valence-electron chi connectivity index (χ2n) is 7.31. The standard InChI is InChI=1S/C19H25N3OS.ClH/c20-18-12-4-3-5-13(18)11-14(10-12)19(23)21-9-8-17-22-15-6-1-2-7-16(15)24-17;/h1-2,6-7,12-14,18H,3-5,8-11,20H2,(H,21,23);1H. The second kappa shape index (κ2) is 8.02. The van der Waals surface area contributed by atoms with E-state index in [-0.39, 0.29) is 24.2 Å². The van der Waals surface area contributed by atoms with Crippen LogP contribution in [0.3, 0.4) is 0 Å². The molecule has 2 aliphatic carbocycles. The van der Waals surface area contributed by atoms with Gasteiger partial charge in [-0.25, -0.2) is 4.98 Å². The molecule has 2 unspecified atom stereocenters. The van der Waals surface area contributed by atoms with Gasteiger partial charge in [-0.1, -0.05) is 18.6 Å². The fourth-order valence-corrected chi connectivity index (χ4v) is 5.43. The van der Waals surface area contributed by atoms with Crippen LogP contribution in [0.4, 0.5) is 0 Å². The summed E-state index contributed by atoms with van der Waals surface area (Å²) in [6.45, 7) is 0.677. The number of hydrogen-bond acceptors (Lipinski definition) is 4. The number of nitrogens with two attached hydrogens (primary N) is 1. The number of rotatable bonds is 4. The van der Waals surface area contributed by atoms with Gasteiger partial charge < -0.3 is 11.1 Å². The van der Waals surface area contributed by atoms with E-state index in [0.29, 0.717) is 24.4 Å². The van der Waals surface area contributed by atoms with Gasteiger partial charge >= 0.3 is 0 Å². The summed E-state index contributed by atoms with van der Waals surface area (Å²) in [5.41, 5.74) is 7.37. The summed E-state index contributed by atoms with van der Waals surface area (Å²) in [4.78, 5) is 17.2. The van der Waals surface area contributed by atoms with Crippen LogP contribution in [-0.2, 0) is 11.2 Å². The maximum atomic E-state index is 12.5. The number of carbonyl (C=O) groups excluding carboxylic acids is 1. The number of amides is 1. The van der Waals surface area contributed by atoms with Crippen molar-refractivity contribution < 1.29 is 4.79 Å². The molecule has 25 heavy (non-hydrogen) atoms. The topological polar surface area (TPSA) is 68.0 Å². The quantitative estimate of drug-likeness (QED) is 0.853. The molecule has 1 aromatic carbocycles. The number of carbonyl (C=O) groups is 1. The molecule has 1 heterocycles. The predicted octanol–water partition coefficient (Wildman–Crippen LogP) is 3.53. The lowest BCUT2D eigenvalue weighted by molar-refractivity contribution is -0.127. The van der Waals surface area contributed by atoms with Crippen LogP contribution in [0.1, 0.15) is 37.1 Å². The molecule has 1 aromatic heterocycles. The molecule has 0 aliphatic heterocycles. The molecular formula is C19H26ClN3OS. The smallest absolute Gasteiger partial charge is 0.223 e. The average molecular weight is 380 g/mol. The summed E-state index contributed by atoms with van der Waals surface area (Å²) in [5, 5.41) is 4.23. The van der Waals surface area contributed by atoms with Gasteiger partial charge in [-0.15, -0.1) is 23.7 Å². The fourth-order valence-electron chi connectivity index (χ4n) is 4.47. The van der Waals surface area contributed by atoms with Crippen molar-refractivity contribution in [3.8, 4) is 0 Å². The van der Waals surface area contributed by atoms with Gasteiger partial charge in [-0.05, 0) is 49.7 Å². The van der Waals surface area contributed by atoms with Crippen LogP contribution < -0.4 is 11.1 Å². The predicted molar refractivity (Wildman–Crippen MR) is 105 cm³/mol. The van der Waals surface area contributed by atoms with E-state index < -0.39 is 0 Å². The Morgan fingerprint density at radius 2 is 1.96 bits per heavy atom. The number of halogens is 1. The molecule has 3 N–H and O–H groups in total. The summed E-state index contributed by atoms with van der Waals surface area (Å²) in [6.07, 6.45) is 6.45. The minimum atomic E-state index is 0. The lowest BCUT2D eigenvalue weighted by atomic mass is 9.65. The fraction of sp³-hybridized carbons (Fsp3) is 0.579. The molecule has 0 spiro atoms. The molecule has 2 saturated carbocycles. The SMILES string of the molecule is Cl.NC1C2CCCC1CC(C(=O)NCCc1nc3ccccc3s1)C2. The molecule has 1 amide bonds. The molecular weight excluding hydrogens is 354 g/mol. The third kappa shape index (κ3) is 3.99. The van der Waals surface area contributed by atoms with Crippen molar-refractivity contribution in [1.29, 1.82) is 0 Å². The number of thiazole rings is 1. The van der Waals surface area contributed by atoms with E-state index in [4.69, 9.17) is 5.73 Å². The molecule has 4 nitrogen and oxygen atoms in total. The lowest BCUT2D eigenvalue weighted by Gasteiger charge is -2.43. The Morgan fingerprint density at radius 1 is 1.24 bits per heavy atom. The normalized spacial score (nSPS) is 28.4. The van der Waals surface area contributed by atoms with Crippen molar-refractivity contribution in [3.63, 3.8) is 0 Å². The van der Waals surface area contributed by atoms with Crippen LogP contribution in [0.25, 0.3) is 10.2 Å². The Bertz CT molecular complexity index is 687. The number of aromatic nitrogens is 1. The van der Waals surface area contributed by atoms with Gasteiger partial charge in [-0.3, -0.25) is 4.79 Å². The molecule has 2 aliphatic rings. The molecule has 2 bridgehead atoms. The highest BCUT2D eigenvalue weighted by Crippen LogP contribution is 2.41. The van der Waals surface area contributed by atoms with E-state index in [2.05, 4.69) is 16.4 Å². The van der Waals surface area contributed by atoms with E-state index in [0.717, 1.165) is 29.8 Å². The first-order valence-corrected chi connectivity index (χ1v) is 9.90. The van der Waals surface area contributed by atoms with Gasteiger partial charge in [0.05, 0.1) is 15.2 Å². The molecule has 136 valence electrons. The molecule has 0 radical (unpaired) electrons. The molecule has 6 heteroatoms. The van der Waals surface area contributed by atoms with Crippen molar-refractivity contribution in [2.45, 2.75) is 44.6 Å². The summed E-state index contributed by atoms with van der Waals surface area (Å²) >= 11 is 1.72. The summed E-state index contributed by atoms with van der Waals surface area (Å²) in [5.74, 6) is 1.49. The highest BCUT2D eigenvalue weighted by atomic mass is 35.5. The summed E-state index contributed by atoms with van der Waals surface area (Å²) in [6, 6.07) is 8.51. The minimum absolute atomic E-state index is 0. The van der Waals surface area contributed by atoms with Gasteiger partial charge in [0.2, 0.25) is 5.91 Å². The molecule has 0 saturated heterocycles. The third-order valence-corrected chi connectivity index (χ3v) is 6.86. The molecule has 2 fully saturated rings. The van der Waals surface area contributed by atoms with E-state index in [1.807, 2.05) is 18.2 Å². The second-order valence-corrected chi connectivity index (χ2v) is 8.43. The first kappa shape index (κ1) is 18.6. The number of benzene rings is 1. The Labute approximate surface area is 159 Å². The largest absolute Gasteiger partial charge is 0.355 e. The molecule has 4 rings (SSSR count). The van der Waals surface area contributed by atoms with E-state index in [1.54, 1.807) is 11.3 Å². The monoisotopic (exact) mass is 379 g/mol. The van der Waals surface area contributed by atoms with Crippen molar-refractivity contribution in [3.05, 3.63) is 29.3 Å². The van der Waals surface area contributed by atoms with Gasteiger partial charge in [0.25, 0.3) is 0 Å². The number of fused-ring (bicyclic) bond motifs is 3. The first-order chi connectivity index (χ1) is 11.7. The highest BCUT2D eigenvalue weighted by Gasteiger charge is 2.40. The zero-order valence-electron chi connectivity index (χ0n) is 14.3. The zero-order valence-corrected chi connectivity index (χ0v) is 16.0. The van der Waals surface area contributed by atoms with E-state index in [1.165, 1.54) is 24.0 Å². The number of nitrogens with zero attached hydrogens (tertiary/aromatic N) is 1. The first-order valence-electron chi connectivity index (χ1n) is 9.08. The number of hydrogen-bond donors (Lipinski definition) is 2. The van der Waals surface area contributed by atoms with E-state index >= 15 is 0 Å². The van der Waals surface area contributed by atoms with Gasteiger partial charge in [0, 0.05) is 24.9 Å². The number of para-hydroxylation sites is 1. The van der Waals surface area contributed by atoms with Crippen LogP contribution in [0.15, 0.2) is 24.3 Å². The van der Waals surface area contributed by atoms with Crippen LogP contribution in [0.2, 0.25) is 0 Å². The Hall–Kier alpha value is -1.17. The summed E-state index contributed by atoms with van der Waals surface area (Å²) < 4.78 is 1.22. The zero-order chi connectivity index (χ0) is 16.5. The van der Waals surface area contributed by atoms with Gasteiger partial charge in [0.15, 0.2) is 0 Å². The highest BCUT2D eigenvalue weighted by molar-refractivity contribution is 7.18. The molecule has 2 aromatic rings. The van der Waals surface area contributed by atoms with Gasteiger partial charge in [-0.2, -0.15) is 0 Å². The van der Waals surface area contributed by atoms with Gasteiger partial charge in [0.1, 0.15) is 0 Å². The Kier molecular flexibility index (Phi) is 5.97. The van der Waals surface area contributed by atoms with Crippen molar-refractivity contribution in [1.82, 2.24) is 10.3 Å². The minimum Gasteiger partial charge on any atom is -0.355 e. The maximum absolute atomic E-state index is 12.5.